The van der Waals surface area contributed by atoms with E-state index < -0.39 is 34.4 Å². The monoisotopic (exact) mass is 563 g/mol. The molecule has 3 aromatic carbocycles. The summed E-state index contributed by atoms with van der Waals surface area (Å²) in [6.07, 6.45) is 0. The van der Waals surface area contributed by atoms with Gasteiger partial charge in [-0.15, -0.1) is 0 Å². The van der Waals surface area contributed by atoms with E-state index in [-0.39, 0.29) is 27.2 Å². The highest BCUT2D eigenvalue weighted by Crippen LogP contribution is 2.30. The van der Waals surface area contributed by atoms with Gasteiger partial charge in [0.25, 0.3) is 10.0 Å². The Hall–Kier alpha value is -3.27. The number of benzene rings is 3. The molecule has 1 atom stereocenters. The summed E-state index contributed by atoms with van der Waals surface area (Å²) in [6.45, 7) is 1.02. The topological polar surface area (TPSA) is 96.0 Å². The number of likely N-dealkylation sites (N-methyl/N-ethyl adjacent to an activating group) is 1. The normalized spacial score (nSPS) is 11.9. The lowest BCUT2D eigenvalue weighted by Gasteiger charge is -2.32. The fraction of sp³-hybridized carbons (Fsp3) is 0.231. The van der Waals surface area contributed by atoms with Crippen molar-refractivity contribution in [2.24, 2.45) is 0 Å². The van der Waals surface area contributed by atoms with Gasteiger partial charge < -0.3 is 15.0 Å². The van der Waals surface area contributed by atoms with E-state index in [1.165, 1.54) is 49.4 Å². The quantitative estimate of drug-likeness (QED) is 0.395. The van der Waals surface area contributed by atoms with Gasteiger partial charge in [-0.1, -0.05) is 53.5 Å². The summed E-state index contributed by atoms with van der Waals surface area (Å²) in [6, 6.07) is 18.2. The van der Waals surface area contributed by atoms with Gasteiger partial charge >= 0.3 is 0 Å². The van der Waals surface area contributed by atoms with Gasteiger partial charge in [0.2, 0.25) is 11.8 Å². The summed E-state index contributed by atoms with van der Waals surface area (Å²) >= 11 is 12.3. The van der Waals surface area contributed by atoms with E-state index in [4.69, 9.17) is 27.9 Å². The molecule has 0 spiro atoms. The zero-order chi connectivity index (χ0) is 27.2. The van der Waals surface area contributed by atoms with Crippen molar-refractivity contribution in [3.63, 3.8) is 0 Å². The van der Waals surface area contributed by atoms with Crippen molar-refractivity contribution in [1.82, 2.24) is 10.2 Å². The number of anilines is 1. The third kappa shape index (κ3) is 6.94. The predicted octanol–water partition coefficient (Wildman–Crippen LogP) is 4.36. The maximum absolute atomic E-state index is 13.7. The highest BCUT2D eigenvalue weighted by Gasteiger charge is 2.32. The van der Waals surface area contributed by atoms with Crippen LogP contribution in [0.25, 0.3) is 0 Å². The Kier molecular flexibility index (Phi) is 9.42. The van der Waals surface area contributed by atoms with Crippen molar-refractivity contribution in [2.45, 2.75) is 24.4 Å². The smallest absolute Gasteiger partial charge is 0.264 e. The molecule has 37 heavy (non-hydrogen) atoms. The van der Waals surface area contributed by atoms with E-state index in [9.17, 15) is 18.0 Å². The Morgan fingerprint density at radius 2 is 1.62 bits per heavy atom. The minimum atomic E-state index is -4.20. The first kappa shape index (κ1) is 28.3. The van der Waals surface area contributed by atoms with Crippen LogP contribution in [0.1, 0.15) is 12.5 Å². The average molecular weight is 564 g/mol. The van der Waals surface area contributed by atoms with Crippen LogP contribution in [0.5, 0.6) is 5.75 Å². The van der Waals surface area contributed by atoms with E-state index in [0.717, 1.165) is 4.31 Å². The summed E-state index contributed by atoms with van der Waals surface area (Å²) in [5, 5.41) is 2.95. The minimum Gasteiger partial charge on any atom is -0.497 e. The van der Waals surface area contributed by atoms with E-state index >= 15 is 0 Å². The lowest BCUT2D eigenvalue weighted by molar-refractivity contribution is -0.139. The number of carbonyl (C=O) groups is 2. The van der Waals surface area contributed by atoms with Gasteiger partial charge in [0, 0.05) is 23.6 Å². The van der Waals surface area contributed by atoms with Crippen LogP contribution in [-0.4, -0.2) is 51.9 Å². The van der Waals surface area contributed by atoms with Crippen molar-refractivity contribution in [3.05, 3.63) is 88.4 Å². The largest absolute Gasteiger partial charge is 0.497 e. The molecule has 8 nitrogen and oxygen atoms in total. The standard InChI is InChI=1S/C26H27Cl2N3O5S/c1-18(26(33)29-2)30(16-19-8-7-9-23(12-19)36-3)25(32)17-31(22-14-20(27)13-21(28)15-22)37(34,35)24-10-5-4-6-11-24/h4-15,18H,16-17H2,1-3H3,(H,29,33)/t18-/m0/s1. The Morgan fingerprint density at radius 1 is 0.973 bits per heavy atom. The second-order valence-corrected chi connectivity index (χ2v) is 10.9. The molecular formula is C26H27Cl2N3O5S. The maximum atomic E-state index is 13.7. The number of halogens is 2. The summed E-state index contributed by atoms with van der Waals surface area (Å²) in [4.78, 5) is 27.6. The minimum absolute atomic E-state index is 0.0161. The molecule has 0 bridgehead atoms. The lowest BCUT2D eigenvalue weighted by Crippen LogP contribution is -2.50. The van der Waals surface area contributed by atoms with Crippen LogP contribution >= 0.6 is 23.2 Å². The fourth-order valence-electron chi connectivity index (χ4n) is 3.69. The molecular weight excluding hydrogens is 537 g/mol. The van der Waals surface area contributed by atoms with Gasteiger partial charge in [-0.2, -0.15) is 0 Å². The molecule has 0 aliphatic heterocycles. The van der Waals surface area contributed by atoms with E-state index in [0.29, 0.717) is 11.3 Å². The van der Waals surface area contributed by atoms with Gasteiger partial charge in [0.05, 0.1) is 17.7 Å². The molecule has 3 aromatic rings. The first-order chi connectivity index (χ1) is 17.6. The van der Waals surface area contributed by atoms with Crippen molar-refractivity contribution in [2.75, 3.05) is 25.0 Å². The SMILES string of the molecule is CNC(=O)[C@H](C)N(Cc1cccc(OC)c1)C(=O)CN(c1cc(Cl)cc(Cl)c1)S(=O)(=O)c1ccccc1. The van der Waals surface area contributed by atoms with E-state index in [2.05, 4.69) is 5.32 Å². The lowest BCUT2D eigenvalue weighted by atomic mass is 10.1. The molecule has 0 aliphatic carbocycles. The van der Waals surface area contributed by atoms with E-state index in [1.807, 2.05) is 0 Å². The fourth-order valence-corrected chi connectivity index (χ4v) is 5.62. The number of rotatable bonds is 10. The molecule has 0 saturated carbocycles. The van der Waals surface area contributed by atoms with Crippen LogP contribution in [0, 0.1) is 0 Å². The molecule has 0 fully saturated rings. The van der Waals surface area contributed by atoms with Crippen molar-refractivity contribution in [3.8, 4) is 5.75 Å². The summed E-state index contributed by atoms with van der Waals surface area (Å²) in [7, 11) is -1.21. The molecule has 2 amide bonds. The third-order valence-electron chi connectivity index (χ3n) is 5.65. The van der Waals surface area contributed by atoms with Gasteiger partial charge in [-0.25, -0.2) is 8.42 Å². The molecule has 0 unspecified atom stereocenters. The van der Waals surface area contributed by atoms with E-state index in [1.54, 1.807) is 49.4 Å². The van der Waals surface area contributed by atoms with Crippen LogP contribution in [0.15, 0.2) is 77.7 Å². The Balaban J connectivity index is 2.05. The van der Waals surface area contributed by atoms with Crippen LogP contribution in [0.2, 0.25) is 10.0 Å². The first-order valence-electron chi connectivity index (χ1n) is 11.2. The van der Waals surface area contributed by atoms with Crippen molar-refractivity contribution >= 4 is 50.7 Å². The number of hydrogen-bond acceptors (Lipinski definition) is 5. The molecule has 0 heterocycles. The third-order valence-corrected chi connectivity index (χ3v) is 7.87. The van der Waals surface area contributed by atoms with Crippen molar-refractivity contribution < 1.29 is 22.7 Å². The van der Waals surface area contributed by atoms with Gasteiger partial charge in [0.15, 0.2) is 0 Å². The Labute approximate surface area is 226 Å². The molecule has 196 valence electrons. The van der Waals surface area contributed by atoms with Crippen LogP contribution in [0.4, 0.5) is 5.69 Å². The number of carbonyl (C=O) groups excluding carboxylic acids is 2. The van der Waals surface area contributed by atoms with Crippen LogP contribution in [-0.2, 0) is 26.2 Å². The Bertz CT molecular complexity index is 1350. The predicted molar refractivity (Wildman–Crippen MR) is 145 cm³/mol. The van der Waals surface area contributed by atoms with Crippen LogP contribution < -0.4 is 14.4 Å². The second kappa shape index (κ2) is 12.3. The first-order valence-corrected chi connectivity index (χ1v) is 13.4. The molecule has 1 N–H and O–H groups in total. The summed E-state index contributed by atoms with van der Waals surface area (Å²) < 4.78 is 33.6. The van der Waals surface area contributed by atoms with Gasteiger partial charge in [0.1, 0.15) is 18.3 Å². The van der Waals surface area contributed by atoms with Crippen LogP contribution in [0.3, 0.4) is 0 Å². The summed E-state index contributed by atoms with van der Waals surface area (Å²) in [5.41, 5.74) is 0.815. The highest BCUT2D eigenvalue weighted by atomic mass is 35.5. The number of nitrogens with one attached hydrogen (secondary N) is 1. The number of ether oxygens (including phenoxy) is 1. The number of hydrogen-bond donors (Lipinski definition) is 1. The zero-order valence-electron chi connectivity index (χ0n) is 20.5. The summed E-state index contributed by atoms with van der Waals surface area (Å²) in [5.74, 6) is -0.423. The maximum Gasteiger partial charge on any atom is 0.264 e. The highest BCUT2D eigenvalue weighted by molar-refractivity contribution is 7.92. The van der Waals surface area contributed by atoms with Gasteiger partial charge in [-0.3, -0.25) is 13.9 Å². The van der Waals surface area contributed by atoms with Gasteiger partial charge in [-0.05, 0) is 55.0 Å². The molecule has 0 saturated heterocycles. The molecule has 3 rings (SSSR count). The zero-order valence-corrected chi connectivity index (χ0v) is 22.8. The molecule has 11 heteroatoms. The van der Waals surface area contributed by atoms with Crippen molar-refractivity contribution in [1.29, 1.82) is 0 Å². The second-order valence-electron chi connectivity index (χ2n) is 8.12. The molecule has 0 aromatic heterocycles. The average Bonchev–Trinajstić information content (AvgIpc) is 2.89. The Morgan fingerprint density at radius 3 is 2.22 bits per heavy atom. The number of methoxy groups -OCH3 is 1. The molecule has 0 aliphatic rings. The number of nitrogens with zero attached hydrogens (tertiary/aromatic N) is 2. The molecule has 0 radical (unpaired) electrons. The number of sulfonamides is 1. The number of amides is 2.